The number of anilines is 1. The Morgan fingerprint density at radius 2 is 1.94 bits per heavy atom. The van der Waals surface area contributed by atoms with Gasteiger partial charge in [0, 0.05) is 35.6 Å². The molecule has 0 aliphatic carbocycles. The normalized spacial score (nSPS) is 14.2. The van der Waals surface area contributed by atoms with E-state index in [9.17, 15) is 14.4 Å². The largest absolute Gasteiger partial charge is 0.383 e. The van der Waals surface area contributed by atoms with Crippen LogP contribution in [0.25, 0.3) is 10.9 Å². The number of aromatic nitrogens is 2. The monoisotopic (exact) mass is 437 g/mol. The van der Waals surface area contributed by atoms with Gasteiger partial charge in [-0.2, -0.15) is 0 Å². The van der Waals surface area contributed by atoms with Crippen LogP contribution in [0.5, 0.6) is 0 Å². The number of ketones is 1. The molecule has 0 bridgehead atoms. The fourth-order valence-electron chi connectivity index (χ4n) is 3.54. The van der Waals surface area contributed by atoms with Crippen molar-refractivity contribution in [3.05, 3.63) is 64.9 Å². The first kappa shape index (κ1) is 20.7. The van der Waals surface area contributed by atoms with E-state index in [1.807, 2.05) is 18.2 Å². The number of carbonyl (C=O) groups excluding carboxylic acids is 3. The van der Waals surface area contributed by atoms with Crippen molar-refractivity contribution in [3.63, 3.8) is 0 Å². The number of hydrogen-bond donors (Lipinski definition) is 1. The van der Waals surface area contributed by atoms with Crippen LogP contribution in [0.1, 0.15) is 22.3 Å². The van der Waals surface area contributed by atoms with E-state index in [0.29, 0.717) is 41.6 Å². The first-order valence-corrected chi connectivity index (χ1v) is 10.1. The maximum atomic E-state index is 12.6. The topological polar surface area (TPSA) is 109 Å². The van der Waals surface area contributed by atoms with E-state index in [0.717, 1.165) is 10.9 Å². The Labute approximate surface area is 183 Å². The van der Waals surface area contributed by atoms with Crippen molar-refractivity contribution < 1.29 is 14.4 Å². The van der Waals surface area contributed by atoms with E-state index in [4.69, 9.17) is 17.3 Å². The maximum Gasteiger partial charge on any atom is 0.242 e. The number of halogens is 1. The Kier molecular flexibility index (Phi) is 5.81. The molecule has 1 aliphatic rings. The van der Waals surface area contributed by atoms with Gasteiger partial charge in [0.25, 0.3) is 0 Å². The van der Waals surface area contributed by atoms with Crippen molar-refractivity contribution in [1.29, 1.82) is 0 Å². The lowest BCUT2D eigenvalue weighted by Gasteiger charge is -2.34. The third kappa shape index (κ3) is 4.64. The molecule has 31 heavy (non-hydrogen) atoms. The third-order valence-electron chi connectivity index (χ3n) is 5.23. The lowest BCUT2D eigenvalue weighted by molar-refractivity contribution is -0.145. The fourth-order valence-corrected chi connectivity index (χ4v) is 3.73. The second-order valence-electron chi connectivity index (χ2n) is 7.35. The summed E-state index contributed by atoms with van der Waals surface area (Å²) >= 11 is 5.90. The number of nitrogen functional groups attached to an aromatic ring is 1. The van der Waals surface area contributed by atoms with E-state index < -0.39 is 0 Å². The molecule has 2 heterocycles. The Morgan fingerprint density at radius 1 is 1.10 bits per heavy atom. The Bertz CT molecular complexity index is 1180. The molecule has 1 aliphatic heterocycles. The molecule has 2 N–H and O–H groups in total. The number of carbonyl (C=O) groups is 3. The van der Waals surface area contributed by atoms with Crippen molar-refractivity contribution in [1.82, 2.24) is 19.8 Å². The van der Waals surface area contributed by atoms with Crippen LogP contribution in [0.2, 0.25) is 5.02 Å². The molecule has 4 rings (SSSR count). The summed E-state index contributed by atoms with van der Waals surface area (Å²) in [6.07, 6.45) is 1.11. The summed E-state index contributed by atoms with van der Waals surface area (Å²) in [6.45, 7) is 1.11. The molecule has 1 fully saturated rings. The summed E-state index contributed by atoms with van der Waals surface area (Å²) < 4.78 is 0. The van der Waals surface area contributed by atoms with Crippen LogP contribution in [-0.2, 0) is 16.1 Å². The highest BCUT2D eigenvalue weighted by Gasteiger charge is 2.28. The van der Waals surface area contributed by atoms with Gasteiger partial charge < -0.3 is 15.5 Å². The van der Waals surface area contributed by atoms with Crippen LogP contribution in [0.4, 0.5) is 5.82 Å². The zero-order chi connectivity index (χ0) is 22.0. The van der Waals surface area contributed by atoms with Gasteiger partial charge in [-0.3, -0.25) is 14.4 Å². The molecule has 0 radical (unpaired) electrons. The van der Waals surface area contributed by atoms with E-state index >= 15 is 0 Å². The van der Waals surface area contributed by atoms with Gasteiger partial charge in [-0.05, 0) is 29.8 Å². The highest BCUT2D eigenvalue weighted by Crippen LogP contribution is 2.20. The van der Waals surface area contributed by atoms with Crippen molar-refractivity contribution >= 4 is 45.9 Å². The van der Waals surface area contributed by atoms with Gasteiger partial charge in [-0.15, -0.1) is 0 Å². The number of Topliss-reactive ketones (excluding diaryl/α,β-unsaturated/α-hetero) is 1. The molecule has 0 unspecified atom stereocenters. The molecule has 2 aromatic carbocycles. The second kappa shape index (κ2) is 8.69. The first-order valence-electron chi connectivity index (χ1n) is 9.74. The van der Waals surface area contributed by atoms with Crippen LogP contribution in [-0.4, -0.2) is 57.0 Å². The van der Waals surface area contributed by atoms with Gasteiger partial charge in [0.1, 0.15) is 12.1 Å². The van der Waals surface area contributed by atoms with Gasteiger partial charge in [0.15, 0.2) is 5.78 Å². The molecule has 1 aromatic heterocycles. The van der Waals surface area contributed by atoms with Crippen LogP contribution < -0.4 is 5.73 Å². The quantitative estimate of drug-likeness (QED) is 0.484. The summed E-state index contributed by atoms with van der Waals surface area (Å²) in [6, 6.07) is 12.1. The first-order chi connectivity index (χ1) is 14.9. The minimum Gasteiger partial charge on any atom is -0.383 e. The van der Waals surface area contributed by atoms with E-state index in [1.165, 1.54) is 17.3 Å². The molecule has 0 atom stereocenters. The number of rotatable bonds is 5. The molecule has 9 heteroatoms. The number of fused-ring (bicyclic) bond motifs is 1. The van der Waals surface area contributed by atoms with Crippen molar-refractivity contribution in [2.45, 2.75) is 13.0 Å². The SMILES string of the molecule is Nc1ncnc2cc(CN3CCN(C(=O)CC(=O)c4cccc(Cl)c4)CC3=O)ccc12. The molecule has 8 nitrogen and oxygen atoms in total. The number of nitrogens with zero attached hydrogens (tertiary/aromatic N) is 4. The molecule has 1 saturated heterocycles. The van der Waals surface area contributed by atoms with Gasteiger partial charge in [-0.25, -0.2) is 9.97 Å². The van der Waals surface area contributed by atoms with Gasteiger partial charge >= 0.3 is 0 Å². The predicted molar refractivity (Wildman–Crippen MR) is 116 cm³/mol. The summed E-state index contributed by atoms with van der Waals surface area (Å²) in [4.78, 5) is 48.8. The summed E-state index contributed by atoms with van der Waals surface area (Å²) in [5.41, 5.74) is 7.86. The highest BCUT2D eigenvalue weighted by molar-refractivity contribution is 6.31. The predicted octanol–water partition coefficient (Wildman–Crippen LogP) is 2.31. The van der Waals surface area contributed by atoms with E-state index in [1.54, 1.807) is 23.1 Å². The molecule has 0 saturated carbocycles. The lowest BCUT2D eigenvalue weighted by Crippen LogP contribution is -2.52. The van der Waals surface area contributed by atoms with Crippen LogP contribution >= 0.6 is 11.6 Å². The molecule has 158 valence electrons. The standard InChI is InChI=1S/C22H20ClN5O3/c23-16-3-1-2-15(9-16)19(29)10-20(30)28-7-6-27(21(31)12-28)11-14-4-5-17-18(8-14)25-13-26-22(17)24/h1-5,8-9,13H,6-7,10-12H2,(H2,24,25,26). The van der Waals surface area contributed by atoms with Gasteiger partial charge in [-0.1, -0.05) is 29.8 Å². The zero-order valence-electron chi connectivity index (χ0n) is 16.6. The van der Waals surface area contributed by atoms with Crippen LogP contribution in [0, 0.1) is 0 Å². The average molecular weight is 438 g/mol. The molecular weight excluding hydrogens is 418 g/mol. The maximum absolute atomic E-state index is 12.6. The highest BCUT2D eigenvalue weighted by atomic mass is 35.5. The summed E-state index contributed by atoms with van der Waals surface area (Å²) in [5.74, 6) is -0.445. The third-order valence-corrected chi connectivity index (χ3v) is 5.47. The lowest BCUT2D eigenvalue weighted by atomic mass is 10.1. The number of piperazine rings is 1. The number of amides is 2. The molecule has 3 aromatic rings. The average Bonchev–Trinajstić information content (AvgIpc) is 2.75. The molecule has 2 amide bonds. The smallest absolute Gasteiger partial charge is 0.242 e. The Hall–Kier alpha value is -3.52. The number of benzene rings is 2. The fraction of sp³-hybridized carbons (Fsp3) is 0.227. The Balaban J connectivity index is 1.36. The minimum atomic E-state index is -0.365. The van der Waals surface area contributed by atoms with E-state index in [-0.39, 0.29) is 30.6 Å². The Morgan fingerprint density at radius 3 is 2.71 bits per heavy atom. The second-order valence-corrected chi connectivity index (χ2v) is 7.79. The van der Waals surface area contributed by atoms with E-state index in [2.05, 4.69) is 9.97 Å². The minimum absolute atomic E-state index is 0.0512. The molecular formula is C22H20ClN5O3. The molecule has 0 spiro atoms. The summed E-state index contributed by atoms with van der Waals surface area (Å²) in [5, 5.41) is 1.20. The summed E-state index contributed by atoms with van der Waals surface area (Å²) in [7, 11) is 0. The van der Waals surface area contributed by atoms with Gasteiger partial charge in [0.2, 0.25) is 11.8 Å². The van der Waals surface area contributed by atoms with Crippen molar-refractivity contribution in [3.8, 4) is 0 Å². The van der Waals surface area contributed by atoms with Crippen LogP contribution in [0.3, 0.4) is 0 Å². The van der Waals surface area contributed by atoms with Crippen LogP contribution in [0.15, 0.2) is 48.8 Å². The number of hydrogen-bond acceptors (Lipinski definition) is 6. The number of nitrogens with two attached hydrogens (primary N) is 1. The van der Waals surface area contributed by atoms with Gasteiger partial charge in [0.05, 0.1) is 18.5 Å². The zero-order valence-corrected chi connectivity index (χ0v) is 17.4. The van der Waals surface area contributed by atoms with Crippen molar-refractivity contribution in [2.24, 2.45) is 0 Å². The van der Waals surface area contributed by atoms with Crippen molar-refractivity contribution in [2.75, 3.05) is 25.4 Å².